The molecular formula is C12H21FN4O. The molecule has 0 saturated heterocycles. The van der Waals surface area contributed by atoms with Crippen molar-refractivity contribution in [3.63, 3.8) is 0 Å². The minimum atomic E-state index is -0.320. The fraction of sp³-hybridized carbons (Fsp3) is 0.667. The van der Waals surface area contributed by atoms with Crippen molar-refractivity contribution >= 4 is 5.82 Å². The molecule has 1 rings (SSSR count). The van der Waals surface area contributed by atoms with Gasteiger partial charge < -0.3 is 15.0 Å². The minimum absolute atomic E-state index is 0.320. The number of nitrogens with zero attached hydrogens (tertiary/aromatic N) is 3. The quantitative estimate of drug-likeness (QED) is 0.699. The summed E-state index contributed by atoms with van der Waals surface area (Å²) in [6.07, 6.45) is 1.98. The molecule has 0 fully saturated rings. The maximum Gasteiger partial charge on any atom is 0.187 e. The maximum absolute atomic E-state index is 13.9. The highest BCUT2D eigenvalue weighted by Gasteiger charge is 2.12. The number of anilines is 1. The predicted molar refractivity (Wildman–Crippen MR) is 69.4 cm³/mol. The van der Waals surface area contributed by atoms with Gasteiger partial charge >= 0.3 is 0 Å². The smallest absolute Gasteiger partial charge is 0.187 e. The van der Waals surface area contributed by atoms with Crippen LogP contribution in [0.5, 0.6) is 0 Å². The molecule has 0 radical (unpaired) electrons. The van der Waals surface area contributed by atoms with Gasteiger partial charge in [-0.3, -0.25) is 0 Å². The summed E-state index contributed by atoms with van der Waals surface area (Å²) in [4.78, 5) is 9.69. The maximum atomic E-state index is 13.9. The molecule has 18 heavy (non-hydrogen) atoms. The molecule has 0 saturated carbocycles. The van der Waals surface area contributed by atoms with Crippen LogP contribution in [-0.2, 0) is 11.2 Å². The van der Waals surface area contributed by atoms with Gasteiger partial charge in [-0.1, -0.05) is 6.92 Å². The Bertz CT molecular complexity index is 362. The topological polar surface area (TPSA) is 50.3 Å². The highest BCUT2D eigenvalue weighted by molar-refractivity contribution is 5.39. The van der Waals surface area contributed by atoms with Gasteiger partial charge in [0.15, 0.2) is 11.6 Å². The fourth-order valence-electron chi connectivity index (χ4n) is 1.56. The molecule has 0 spiro atoms. The van der Waals surface area contributed by atoms with Crippen molar-refractivity contribution in [1.29, 1.82) is 0 Å². The van der Waals surface area contributed by atoms with Crippen molar-refractivity contribution in [1.82, 2.24) is 15.3 Å². The SMILES string of the molecule is CCc1ncnc(N(C)CCNCCOC)c1F. The zero-order valence-electron chi connectivity index (χ0n) is 11.2. The van der Waals surface area contributed by atoms with Gasteiger partial charge in [-0.2, -0.15) is 0 Å². The van der Waals surface area contributed by atoms with E-state index in [0.717, 1.165) is 13.1 Å². The van der Waals surface area contributed by atoms with E-state index in [0.29, 0.717) is 31.1 Å². The number of likely N-dealkylation sites (N-methyl/N-ethyl adjacent to an activating group) is 1. The number of nitrogens with one attached hydrogen (secondary N) is 1. The van der Waals surface area contributed by atoms with E-state index in [1.807, 2.05) is 14.0 Å². The number of methoxy groups -OCH3 is 1. The summed E-state index contributed by atoms with van der Waals surface area (Å²) in [7, 11) is 3.49. The van der Waals surface area contributed by atoms with Crippen molar-refractivity contribution < 1.29 is 9.13 Å². The lowest BCUT2D eigenvalue weighted by Crippen LogP contribution is -2.32. The zero-order valence-corrected chi connectivity index (χ0v) is 11.2. The molecule has 1 aromatic heterocycles. The average molecular weight is 256 g/mol. The third kappa shape index (κ3) is 4.19. The number of ether oxygens (including phenoxy) is 1. The van der Waals surface area contributed by atoms with Crippen LogP contribution in [0.15, 0.2) is 6.33 Å². The van der Waals surface area contributed by atoms with Crippen molar-refractivity contribution in [2.75, 3.05) is 45.3 Å². The van der Waals surface area contributed by atoms with Crippen LogP contribution in [0.25, 0.3) is 0 Å². The van der Waals surface area contributed by atoms with E-state index in [9.17, 15) is 4.39 Å². The second-order valence-corrected chi connectivity index (χ2v) is 3.98. The van der Waals surface area contributed by atoms with E-state index in [-0.39, 0.29) is 5.82 Å². The van der Waals surface area contributed by atoms with E-state index >= 15 is 0 Å². The first-order chi connectivity index (χ1) is 8.70. The average Bonchev–Trinajstić information content (AvgIpc) is 2.38. The molecule has 1 heterocycles. The van der Waals surface area contributed by atoms with Crippen LogP contribution in [0, 0.1) is 5.82 Å². The van der Waals surface area contributed by atoms with E-state index < -0.39 is 0 Å². The lowest BCUT2D eigenvalue weighted by atomic mass is 10.3. The normalized spacial score (nSPS) is 10.7. The van der Waals surface area contributed by atoms with Crippen LogP contribution < -0.4 is 10.2 Å². The minimum Gasteiger partial charge on any atom is -0.383 e. The molecule has 0 aliphatic heterocycles. The summed E-state index contributed by atoms with van der Waals surface area (Å²) in [5, 5.41) is 3.20. The van der Waals surface area contributed by atoms with Gasteiger partial charge in [-0.05, 0) is 6.42 Å². The molecule has 102 valence electrons. The van der Waals surface area contributed by atoms with Crippen molar-refractivity contribution in [3.8, 4) is 0 Å². The van der Waals surface area contributed by atoms with Crippen LogP contribution in [-0.4, -0.2) is 50.4 Å². The molecule has 0 aliphatic rings. The van der Waals surface area contributed by atoms with Crippen molar-refractivity contribution in [2.24, 2.45) is 0 Å². The monoisotopic (exact) mass is 256 g/mol. The van der Waals surface area contributed by atoms with Crippen LogP contribution in [0.2, 0.25) is 0 Å². The van der Waals surface area contributed by atoms with Gasteiger partial charge in [-0.15, -0.1) is 0 Å². The highest BCUT2D eigenvalue weighted by atomic mass is 19.1. The molecule has 1 aromatic rings. The van der Waals surface area contributed by atoms with E-state index in [1.54, 1.807) is 12.0 Å². The Kier molecular flexibility index (Phi) is 6.53. The molecule has 0 aromatic carbocycles. The first kappa shape index (κ1) is 14.8. The van der Waals surface area contributed by atoms with Gasteiger partial charge in [0.1, 0.15) is 6.33 Å². The molecule has 0 aliphatic carbocycles. The van der Waals surface area contributed by atoms with Crippen LogP contribution in [0.4, 0.5) is 10.2 Å². The van der Waals surface area contributed by atoms with E-state index in [1.165, 1.54) is 6.33 Å². The van der Waals surface area contributed by atoms with Crippen LogP contribution in [0.3, 0.4) is 0 Å². The summed E-state index contributed by atoms with van der Waals surface area (Å²) in [6.45, 7) is 4.77. The Morgan fingerprint density at radius 1 is 1.39 bits per heavy atom. The van der Waals surface area contributed by atoms with Crippen molar-refractivity contribution in [3.05, 3.63) is 17.8 Å². The second kappa shape index (κ2) is 7.94. The van der Waals surface area contributed by atoms with Gasteiger partial charge in [0, 0.05) is 33.8 Å². The molecule has 6 heteroatoms. The number of hydrogen-bond acceptors (Lipinski definition) is 5. The molecule has 1 N–H and O–H groups in total. The Hall–Kier alpha value is -1.27. The number of halogens is 1. The number of aryl methyl sites for hydroxylation is 1. The largest absolute Gasteiger partial charge is 0.383 e. The summed E-state index contributed by atoms with van der Waals surface area (Å²) >= 11 is 0. The fourth-order valence-corrected chi connectivity index (χ4v) is 1.56. The number of rotatable bonds is 8. The Morgan fingerprint density at radius 2 is 2.17 bits per heavy atom. The lowest BCUT2D eigenvalue weighted by molar-refractivity contribution is 0.200. The third-order valence-corrected chi connectivity index (χ3v) is 2.65. The first-order valence-corrected chi connectivity index (χ1v) is 6.10. The van der Waals surface area contributed by atoms with Gasteiger partial charge in [-0.25, -0.2) is 14.4 Å². The van der Waals surface area contributed by atoms with Crippen molar-refractivity contribution in [2.45, 2.75) is 13.3 Å². The Morgan fingerprint density at radius 3 is 2.83 bits per heavy atom. The highest BCUT2D eigenvalue weighted by Crippen LogP contribution is 2.16. The zero-order chi connectivity index (χ0) is 13.4. The molecule has 0 unspecified atom stereocenters. The Balaban J connectivity index is 2.48. The lowest BCUT2D eigenvalue weighted by Gasteiger charge is -2.19. The summed E-state index contributed by atoms with van der Waals surface area (Å²) in [5.74, 6) is 0.0368. The predicted octanol–water partition coefficient (Wildman–Crippen LogP) is 0.850. The summed E-state index contributed by atoms with van der Waals surface area (Å²) < 4.78 is 18.9. The van der Waals surface area contributed by atoms with Gasteiger partial charge in [0.2, 0.25) is 0 Å². The molecular weight excluding hydrogens is 235 g/mol. The van der Waals surface area contributed by atoms with Crippen LogP contribution >= 0.6 is 0 Å². The number of aromatic nitrogens is 2. The molecule has 0 amide bonds. The third-order valence-electron chi connectivity index (χ3n) is 2.65. The Labute approximate surface area is 107 Å². The summed E-state index contributed by atoms with van der Waals surface area (Å²) in [5.41, 5.74) is 0.458. The van der Waals surface area contributed by atoms with E-state index in [2.05, 4.69) is 15.3 Å². The number of hydrogen-bond donors (Lipinski definition) is 1. The molecule has 0 bridgehead atoms. The standard InChI is InChI=1S/C12H21FN4O/c1-4-10-11(13)12(16-9-15-10)17(2)7-5-14-6-8-18-3/h9,14H,4-8H2,1-3H3. The first-order valence-electron chi connectivity index (χ1n) is 6.10. The summed E-state index contributed by atoms with van der Waals surface area (Å²) in [6, 6.07) is 0. The molecule has 0 atom stereocenters. The van der Waals surface area contributed by atoms with Gasteiger partial charge in [0.25, 0.3) is 0 Å². The molecule has 5 nitrogen and oxygen atoms in total. The van der Waals surface area contributed by atoms with E-state index in [4.69, 9.17) is 4.74 Å². The van der Waals surface area contributed by atoms with Crippen LogP contribution in [0.1, 0.15) is 12.6 Å². The second-order valence-electron chi connectivity index (χ2n) is 3.98. The van der Waals surface area contributed by atoms with Gasteiger partial charge in [0.05, 0.1) is 12.3 Å².